The second kappa shape index (κ2) is 6.39. The Bertz CT molecular complexity index is 381. The molecule has 2 aliphatic carbocycles. The van der Waals surface area contributed by atoms with Crippen LogP contribution in [0.3, 0.4) is 0 Å². The zero-order valence-corrected chi connectivity index (χ0v) is 14.4. The third-order valence-corrected chi connectivity index (χ3v) is 7.03. The van der Waals surface area contributed by atoms with E-state index in [1.165, 1.54) is 19.3 Å². The minimum absolute atomic E-state index is 0.241. The minimum atomic E-state index is -0.424. The van der Waals surface area contributed by atoms with Crippen LogP contribution >= 0.6 is 0 Å². The van der Waals surface area contributed by atoms with Gasteiger partial charge in [0.15, 0.2) is 0 Å². The zero-order valence-electron chi connectivity index (χ0n) is 14.4. The molecule has 3 fully saturated rings. The first kappa shape index (κ1) is 16.7. The molecular formula is C18H33NO3. The highest BCUT2D eigenvalue weighted by atomic mass is 16.5. The third-order valence-electron chi connectivity index (χ3n) is 7.03. The van der Waals surface area contributed by atoms with Gasteiger partial charge < -0.3 is 19.9 Å². The lowest BCUT2D eigenvalue weighted by molar-refractivity contribution is -0.0183. The molecule has 0 aromatic rings. The first-order chi connectivity index (χ1) is 10.4. The van der Waals surface area contributed by atoms with E-state index in [4.69, 9.17) is 9.47 Å². The van der Waals surface area contributed by atoms with Crippen LogP contribution in [-0.2, 0) is 9.47 Å². The van der Waals surface area contributed by atoms with Gasteiger partial charge in [-0.2, -0.15) is 0 Å². The van der Waals surface area contributed by atoms with Crippen LogP contribution in [0, 0.1) is 16.7 Å². The maximum atomic E-state index is 10.1. The Labute approximate surface area is 134 Å². The number of rotatable bonds is 7. The lowest BCUT2D eigenvalue weighted by Gasteiger charge is -2.40. The summed E-state index contributed by atoms with van der Waals surface area (Å²) in [7, 11) is 0. The molecule has 4 nitrogen and oxygen atoms in total. The molecule has 2 saturated carbocycles. The lowest BCUT2D eigenvalue weighted by atomic mass is 9.69. The van der Waals surface area contributed by atoms with Gasteiger partial charge in [0.2, 0.25) is 0 Å². The average molecular weight is 311 g/mol. The predicted molar refractivity (Wildman–Crippen MR) is 86.8 cm³/mol. The Kier molecular flexibility index (Phi) is 4.84. The summed E-state index contributed by atoms with van der Waals surface area (Å²) >= 11 is 0. The van der Waals surface area contributed by atoms with Crippen LogP contribution in [-0.4, -0.2) is 49.7 Å². The number of aliphatic hydroxyl groups excluding tert-OH is 1. The fourth-order valence-electron chi connectivity index (χ4n) is 4.96. The van der Waals surface area contributed by atoms with E-state index in [2.05, 4.69) is 26.1 Å². The van der Waals surface area contributed by atoms with E-state index >= 15 is 0 Å². The van der Waals surface area contributed by atoms with Crippen LogP contribution in [0.1, 0.15) is 52.9 Å². The van der Waals surface area contributed by atoms with E-state index in [9.17, 15) is 5.11 Å². The summed E-state index contributed by atoms with van der Waals surface area (Å²) in [4.78, 5) is 0. The fourth-order valence-corrected chi connectivity index (χ4v) is 4.96. The minimum Gasteiger partial charge on any atom is -0.389 e. The van der Waals surface area contributed by atoms with E-state index in [0.717, 1.165) is 25.4 Å². The summed E-state index contributed by atoms with van der Waals surface area (Å²) in [5.74, 6) is 0.836. The summed E-state index contributed by atoms with van der Waals surface area (Å²) in [5.41, 5.74) is 0.794. The van der Waals surface area contributed by atoms with Crippen LogP contribution < -0.4 is 5.32 Å². The maximum absolute atomic E-state index is 10.1. The van der Waals surface area contributed by atoms with Crippen LogP contribution in [0.4, 0.5) is 0 Å². The number of fused-ring (bicyclic) bond motifs is 2. The van der Waals surface area contributed by atoms with Gasteiger partial charge in [-0.1, -0.05) is 20.8 Å². The van der Waals surface area contributed by atoms with Crippen molar-refractivity contribution in [1.29, 1.82) is 0 Å². The summed E-state index contributed by atoms with van der Waals surface area (Å²) in [5, 5.41) is 13.8. The van der Waals surface area contributed by atoms with Crippen molar-refractivity contribution >= 4 is 0 Å². The monoisotopic (exact) mass is 311 g/mol. The van der Waals surface area contributed by atoms with Crippen molar-refractivity contribution in [1.82, 2.24) is 5.32 Å². The lowest BCUT2D eigenvalue weighted by Crippen LogP contribution is -2.47. The van der Waals surface area contributed by atoms with Gasteiger partial charge in [0, 0.05) is 19.2 Å². The predicted octanol–water partition coefficient (Wildman–Crippen LogP) is 2.35. The first-order valence-corrected chi connectivity index (χ1v) is 9.04. The molecule has 0 amide bonds. The van der Waals surface area contributed by atoms with E-state index < -0.39 is 6.10 Å². The Morgan fingerprint density at radius 1 is 1.32 bits per heavy atom. The summed E-state index contributed by atoms with van der Waals surface area (Å²) in [6, 6.07) is 0.536. The summed E-state index contributed by atoms with van der Waals surface area (Å²) in [6.07, 6.45) is 5.98. The molecular weight excluding hydrogens is 278 g/mol. The molecule has 4 heteroatoms. The maximum Gasteiger partial charge on any atom is 0.0897 e. The summed E-state index contributed by atoms with van der Waals surface area (Å²) in [6.45, 7) is 9.79. The van der Waals surface area contributed by atoms with E-state index in [-0.39, 0.29) is 6.10 Å². The molecule has 3 aliphatic rings. The van der Waals surface area contributed by atoms with Gasteiger partial charge in [-0.15, -0.1) is 0 Å². The number of aliphatic hydroxyl groups is 1. The largest absolute Gasteiger partial charge is 0.389 e. The van der Waals surface area contributed by atoms with Crippen molar-refractivity contribution in [3.05, 3.63) is 0 Å². The van der Waals surface area contributed by atoms with E-state index in [1.807, 2.05) is 0 Å². The highest BCUT2D eigenvalue weighted by Crippen LogP contribution is 2.65. The summed E-state index contributed by atoms with van der Waals surface area (Å²) < 4.78 is 11.1. The van der Waals surface area contributed by atoms with Crippen LogP contribution in [0.15, 0.2) is 0 Å². The highest BCUT2D eigenvalue weighted by molar-refractivity contribution is 5.13. The molecule has 22 heavy (non-hydrogen) atoms. The second-order valence-electron chi connectivity index (χ2n) is 8.40. The highest BCUT2D eigenvalue weighted by Gasteiger charge is 2.60. The van der Waals surface area contributed by atoms with Crippen molar-refractivity contribution in [3.8, 4) is 0 Å². The smallest absolute Gasteiger partial charge is 0.0897 e. The Hall–Kier alpha value is -0.160. The zero-order chi connectivity index (χ0) is 15.8. The molecule has 0 unspecified atom stereocenters. The number of nitrogens with one attached hydrogen (secondary N) is 1. The topological polar surface area (TPSA) is 50.7 Å². The molecule has 1 aliphatic heterocycles. The Balaban J connectivity index is 1.37. The van der Waals surface area contributed by atoms with Crippen LogP contribution in [0.25, 0.3) is 0 Å². The standard InChI is InChI=1S/C18H33NO3/c1-17(2)13-6-7-18(17,3)16(9-13)19-10-14(20)11-21-12-15-5-4-8-22-15/h13-16,19-20H,4-12H2,1-3H3/t13-,14+,15+,16+,18-/m0/s1. The number of ether oxygens (including phenoxy) is 2. The van der Waals surface area contributed by atoms with Crippen molar-refractivity contribution < 1.29 is 14.6 Å². The Morgan fingerprint density at radius 2 is 2.14 bits per heavy atom. The van der Waals surface area contributed by atoms with Gasteiger partial charge >= 0.3 is 0 Å². The molecule has 0 radical (unpaired) electrons. The molecule has 0 aromatic carbocycles. The molecule has 128 valence electrons. The molecule has 1 saturated heterocycles. The van der Waals surface area contributed by atoms with Crippen molar-refractivity contribution in [3.63, 3.8) is 0 Å². The van der Waals surface area contributed by atoms with Crippen molar-refractivity contribution in [2.75, 3.05) is 26.4 Å². The molecule has 0 spiro atoms. The van der Waals surface area contributed by atoms with Gasteiger partial charge in [-0.25, -0.2) is 0 Å². The van der Waals surface area contributed by atoms with Crippen molar-refractivity contribution in [2.45, 2.75) is 71.1 Å². The average Bonchev–Trinajstić information content (AvgIpc) is 3.10. The molecule has 5 atom stereocenters. The van der Waals surface area contributed by atoms with Gasteiger partial charge in [0.1, 0.15) is 0 Å². The quantitative estimate of drug-likeness (QED) is 0.758. The molecule has 2 bridgehead atoms. The van der Waals surface area contributed by atoms with Crippen molar-refractivity contribution in [2.24, 2.45) is 16.7 Å². The Morgan fingerprint density at radius 3 is 2.73 bits per heavy atom. The molecule has 0 aromatic heterocycles. The van der Waals surface area contributed by atoms with Gasteiger partial charge in [0.25, 0.3) is 0 Å². The van der Waals surface area contributed by atoms with Crippen LogP contribution in [0.2, 0.25) is 0 Å². The van der Waals surface area contributed by atoms with Gasteiger partial charge in [-0.3, -0.25) is 0 Å². The first-order valence-electron chi connectivity index (χ1n) is 9.04. The van der Waals surface area contributed by atoms with Gasteiger partial charge in [0.05, 0.1) is 25.4 Å². The molecule has 2 N–H and O–H groups in total. The number of hydrogen-bond acceptors (Lipinski definition) is 4. The van der Waals surface area contributed by atoms with Crippen LogP contribution in [0.5, 0.6) is 0 Å². The second-order valence-corrected chi connectivity index (χ2v) is 8.40. The molecule has 1 heterocycles. The third kappa shape index (κ3) is 2.95. The number of hydrogen-bond donors (Lipinski definition) is 2. The van der Waals surface area contributed by atoms with E-state index in [0.29, 0.717) is 36.6 Å². The normalized spacial score (nSPS) is 41.2. The SMILES string of the molecule is CC1(C)[C@H]2CC[C@@]1(C)[C@H](NC[C@@H](O)COC[C@H]1CCCO1)C2. The van der Waals surface area contributed by atoms with Gasteiger partial charge in [-0.05, 0) is 48.9 Å². The molecule has 3 rings (SSSR count). The fraction of sp³-hybridized carbons (Fsp3) is 1.00. The van der Waals surface area contributed by atoms with E-state index in [1.54, 1.807) is 0 Å².